The molecule has 2 heterocycles. The molecule has 1 aliphatic rings. The molecule has 1 N–H and O–H groups in total. The number of benzene rings is 2. The molecule has 2 aromatic carbocycles. The van der Waals surface area contributed by atoms with Crippen molar-refractivity contribution in [3.05, 3.63) is 59.9 Å². The van der Waals surface area contributed by atoms with E-state index >= 15 is 0 Å². The Morgan fingerprint density at radius 2 is 2.22 bits per heavy atom. The minimum Gasteiger partial charge on any atom is -0.396 e. The minimum atomic E-state index is 0.571. The molecular formula is C22H26N4O. The minimum absolute atomic E-state index is 0.571. The smallest absolute Gasteiger partial charge is 0.114 e. The summed E-state index contributed by atoms with van der Waals surface area (Å²) in [4.78, 5) is 9.78. The van der Waals surface area contributed by atoms with Crippen LogP contribution in [0.1, 0.15) is 43.7 Å². The Labute approximate surface area is 160 Å². The molecule has 0 saturated carbocycles. The van der Waals surface area contributed by atoms with E-state index < -0.39 is 0 Å². The van der Waals surface area contributed by atoms with Crippen molar-refractivity contribution in [1.82, 2.24) is 14.9 Å². The maximum atomic E-state index is 5.16. The predicted octanol–water partition coefficient (Wildman–Crippen LogP) is 4.25. The van der Waals surface area contributed by atoms with Crippen molar-refractivity contribution in [3.8, 4) is 5.69 Å². The highest BCUT2D eigenvalue weighted by molar-refractivity contribution is 6.00. The van der Waals surface area contributed by atoms with Gasteiger partial charge in [0.25, 0.3) is 0 Å². The van der Waals surface area contributed by atoms with Gasteiger partial charge in [0, 0.05) is 17.8 Å². The van der Waals surface area contributed by atoms with Gasteiger partial charge < -0.3 is 10.2 Å². The van der Waals surface area contributed by atoms with E-state index in [-0.39, 0.29) is 0 Å². The van der Waals surface area contributed by atoms with Crippen LogP contribution < -0.4 is 5.32 Å². The summed E-state index contributed by atoms with van der Waals surface area (Å²) in [5, 5.41) is 7.63. The van der Waals surface area contributed by atoms with Gasteiger partial charge in [0.05, 0.1) is 16.7 Å². The summed E-state index contributed by atoms with van der Waals surface area (Å²) >= 11 is 0. The molecule has 1 saturated heterocycles. The number of imidazole rings is 1. The van der Waals surface area contributed by atoms with E-state index in [0.29, 0.717) is 12.5 Å². The fourth-order valence-electron chi connectivity index (χ4n) is 3.72. The van der Waals surface area contributed by atoms with Crippen LogP contribution in [0.25, 0.3) is 16.7 Å². The average Bonchev–Trinajstić information content (AvgIpc) is 3.16. The van der Waals surface area contributed by atoms with E-state index in [9.17, 15) is 0 Å². The van der Waals surface area contributed by atoms with E-state index in [2.05, 4.69) is 62.5 Å². The molecule has 0 aliphatic carbocycles. The number of piperidine rings is 1. The zero-order valence-corrected chi connectivity index (χ0v) is 16.0. The molecule has 0 amide bonds. The fraction of sp³-hybridized carbons (Fsp3) is 0.364. The summed E-state index contributed by atoms with van der Waals surface area (Å²) < 4.78 is 2.16. The number of hydrogen-bond acceptors (Lipinski definition) is 4. The van der Waals surface area contributed by atoms with Crippen molar-refractivity contribution in [2.75, 3.05) is 19.7 Å². The first kappa shape index (κ1) is 17.7. The van der Waals surface area contributed by atoms with E-state index in [0.717, 1.165) is 41.1 Å². The van der Waals surface area contributed by atoms with Gasteiger partial charge in [-0.3, -0.25) is 4.57 Å². The highest BCUT2D eigenvalue weighted by Gasteiger charge is 2.16. The Kier molecular flexibility index (Phi) is 5.21. The SMILES string of the molecule is CCO/N=C(\C)c1ccc2c(c1)ncn2-c1cccc(C2CCCNC2)c1. The highest BCUT2D eigenvalue weighted by atomic mass is 16.6. The molecule has 1 fully saturated rings. The molecule has 1 atom stereocenters. The summed E-state index contributed by atoms with van der Waals surface area (Å²) in [6, 6.07) is 15.1. The third-order valence-electron chi connectivity index (χ3n) is 5.21. The Balaban J connectivity index is 1.66. The summed E-state index contributed by atoms with van der Waals surface area (Å²) in [6.07, 6.45) is 4.40. The van der Waals surface area contributed by atoms with Gasteiger partial charge in [-0.1, -0.05) is 23.4 Å². The lowest BCUT2D eigenvalue weighted by molar-refractivity contribution is 0.159. The van der Waals surface area contributed by atoms with Crippen LogP contribution in [0.2, 0.25) is 0 Å². The second-order valence-corrected chi connectivity index (χ2v) is 7.05. The molecule has 0 spiro atoms. The van der Waals surface area contributed by atoms with Crippen LogP contribution in [0.15, 0.2) is 53.9 Å². The summed E-state index contributed by atoms with van der Waals surface area (Å²) in [5.41, 5.74) is 6.51. The molecule has 5 nitrogen and oxygen atoms in total. The van der Waals surface area contributed by atoms with Gasteiger partial charge in [0.15, 0.2) is 0 Å². The van der Waals surface area contributed by atoms with Crippen LogP contribution in [-0.2, 0) is 4.84 Å². The van der Waals surface area contributed by atoms with Crippen molar-refractivity contribution in [2.24, 2.45) is 5.16 Å². The van der Waals surface area contributed by atoms with Crippen molar-refractivity contribution in [2.45, 2.75) is 32.6 Å². The Bertz CT molecular complexity index is 954. The Hall–Kier alpha value is -2.66. The molecule has 3 aromatic rings. The van der Waals surface area contributed by atoms with Crippen molar-refractivity contribution < 1.29 is 4.84 Å². The van der Waals surface area contributed by atoms with Crippen LogP contribution >= 0.6 is 0 Å². The lowest BCUT2D eigenvalue weighted by atomic mass is 9.91. The predicted molar refractivity (Wildman–Crippen MR) is 110 cm³/mol. The first-order valence-corrected chi connectivity index (χ1v) is 9.71. The van der Waals surface area contributed by atoms with Crippen molar-refractivity contribution in [3.63, 3.8) is 0 Å². The number of fused-ring (bicyclic) bond motifs is 1. The number of nitrogens with one attached hydrogen (secondary N) is 1. The maximum absolute atomic E-state index is 5.16. The molecule has 1 unspecified atom stereocenters. The number of nitrogens with zero attached hydrogens (tertiary/aromatic N) is 3. The average molecular weight is 362 g/mol. The molecule has 0 bridgehead atoms. The summed E-state index contributed by atoms with van der Waals surface area (Å²) in [7, 11) is 0. The maximum Gasteiger partial charge on any atom is 0.114 e. The monoisotopic (exact) mass is 362 g/mol. The van der Waals surface area contributed by atoms with Gasteiger partial charge in [-0.25, -0.2) is 4.98 Å². The lowest BCUT2D eigenvalue weighted by Gasteiger charge is -2.23. The molecule has 27 heavy (non-hydrogen) atoms. The van der Waals surface area contributed by atoms with Gasteiger partial charge in [-0.15, -0.1) is 0 Å². The third kappa shape index (κ3) is 3.74. The van der Waals surface area contributed by atoms with Crippen molar-refractivity contribution in [1.29, 1.82) is 0 Å². The Morgan fingerprint density at radius 1 is 1.30 bits per heavy atom. The molecule has 140 valence electrons. The van der Waals surface area contributed by atoms with E-state index in [1.165, 1.54) is 18.4 Å². The Morgan fingerprint density at radius 3 is 3.04 bits per heavy atom. The number of aromatic nitrogens is 2. The second kappa shape index (κ2) is 7.92. The van der Waals surface area contributed by atoms with E-state index in [1.54, 1.807) is 0 Å². The molecule has 1 aromatic heterocycles. The van der Waals surface area contributed by atoms with Crippen LogP contribution in [0.4, 0.5) is 0 Å². The molecule has 5 heteroatoms. The standard InChI is InChI=1S/C22H26N4O/c1-3-27-25-16(2)17-9-10-22-21(13-17)24-15-26(22)20-8-4-6-18(12-20)19-7-5-11-23-14-19/h4,6,8-10,12-13,15,19,23H,3,5,7,11,14H2,1-2H3/b25-16+. The van der Waals surface area contributed by atoms with Gasteiger partial charge in [-0.2, -0.15) is 0 Å². The highest BCUT2D eigenvalue weighted by Crippen LogP contribution is 2.26. The number of hydrogen-bond donors (Lipinski definition) is 1. The molecule has 0 radical (unpaired) electrons. The van der Waals surface area contributed by atoms with Gasteiger partial charge in [-0.05, 0) is 69.0 Å². The van der Waals surface area contributed by atoms with Crippen LogP contribution in [0.5, 0.6) is 0 Å². The van der Waals surface area contributed by atoms with E-state index in [4.69, 9.17) is 4.84 Å². The largest absolute Gasteiger partial charge is 0.396 e. The molecule has 1 aliphatic heterocycles. The first-order chi connectivity index (χ1) is 13.3. The second-order valence-electron chi connectivity index (χ2n) is 7.05. The topological polar surface area (TPSA) is 51.4 Å². The number of oxime groups is 1. The summed E-state index contributed by atoms with van der Waals surface area (Å²) in [6.45, 7) is 6.66. The summed E-state index contributed by atoms with van der Waals surface area (Å²) in [5.74, 6) is 0.595. The molecule has 4 rings (SSSR count). The first-order valence-electron chi connectivity index (χ1n) is 9.71. The van der Waals surface area contributed by atoms with Crippen LogP contribution in [0, 0.1) is 0 Å². The molecular weight excluding hydrogens is 336 g/mol. The lowest BCUT2D eigenvalue weighted by Crippen LogP contribution is -2.28. The zero-order chi connectivity index (χ0) is 18.6. The zero-order valence-electron chi connectivity index (χ0n) is 16.0. The van der Waals surface area contributed by atoms with Crippen molar-refractivity contribution >= 4 is 16.7 Å². The third-order valence-corrected chi connectivity index (χ3v) is 5.21. The fourth-order valence-corrected chi connectivity index (χ4v) is 3.72. The van der Waals surface area contributed by atoms with Gasteiger partial charge in [0.1, 0.15) is 12.9 Å². The van der Waals surface area contributed by atoms with Crippen LogP contribution in [-0.4, -0.2) is 35.0 Å². The van der Waals surface area contributed by atoms with E-state index in [1.807, 2.05) is 20.2 Å². The quantitative estimate of drug-likeness (QED) is 0.545. The van der Waals surface area contributed by atoms with Gasteiger partial charge in [0.2, 0.25) is 0 Å². The van der Waals surface area contributed by atoms with Gasteiger partial charge >= 0.3 is 0 Å². The normalized spacial score (nSPS) is 18.0. The van der Waals surface area contributed by atoms with Crippen LogP contribution in [0.3, 0.4) is 0 Å². The number of rotatable bonds is 5.